The van der Waals surface area contributed by atoms with Crippen molar-refractivity contribution in [1.82, 2.24) is 19.9 Å². The summed E-state index contributed by atoms with van der Waals surface area (Å²) >= 11 is 5.00. The zero-order valence-corrected chi connectivity index (χ0v) is 10.7. The van der Waals surface area contributed by atoms with E-state index in [2.05, 4.69) is 20.1 Å². The molecule has 1 saturated heterocycles. The summed E-state index contributed by atoms with van der Waals surface area (Å²) in [5.74, 6) is 6.36. The molecule has 0 atom stereocenters. The second kappa shape index (κ2) is 4.41. The minimum Gasteiger partial charge on any atom is -0.371 e. The molecule has 3 heterocycles. The van der Waals surface area contributed by atoms with Gasteiger partial charge in [0.2, 0.25) is 4.77 Å². The van der Waals surface area contributed by atoms with Gasteiger partial charge in [-0.1, -0.05) is 0 Å². The molecule has 0 saturated carbocycles. The Morgan fingerprint density at radius 3 is 2.78 bits per heavy atom. The van der Waals surface area contributed by atoms with Crippen molar-refractivity contribution >= 4 is 17.9 Å². The summed E-state index contributed by atoms with van der Waals surface area (Å²) in [5.41, 5.74) is 1.89. The second-order valence-electron chi connectivity index (χ2n) is 4.32. The second-order valence-corrected chi connectivity index (χ2v) is 4.70. The smallest absolute Gasteiger partial charge is 0.214 e. The highest BCUT2D eigenvalue weighted by atomic mass is 32.1. The third-order valence-electron chi connectivity index (χ3n) is 3.15. The molecule has 3 rings (SSSR count). The molecule has 1 aliphatic rings. The molecule has 0 aromatic carbocycles. The summed E-state index contributed by atoms with van der Waals surface area (Å²) in [6.07, 6.45) is 4.27. The van der Waals surface area contributed by atoms with Crippen LogP contribution in [-0.2, 0) is 0 Å². The molecule has 1 aliphatic heterocycles. The van der Waals surface area contributed by atoms with Crippen LogP contribution in [0.3, 0.4) is 0 Å². The minimum absolute atomic E-state index is 0.387. The fraction of sp³-hybridized carbons (Fsp3) is 0.364. The maximum absolute atomic E-state index is 5.80. The molecule has 1 fully saturated rings. The number of hydrogen-bond acceptors (Lipinski definition) is 5. The fourth-order valence-electron chi connectivity index (χ4n) is 2.20. The monoisotopic (exact) mass is 262 g/mol. The van der Waals surface area contributed by atoms with Crippen LogP contribution in [0.5, 0.6) is 0 Å². The molecule has 0 spiro atoms. The number of nitrogens with two attached hydrogens (primary N) is 1. The number of H-pyrrole nitrogens is 1. The number of aromatic amines is 1. The van der Waals surface area contributed by atoms with Gasteiger partial charge < -0.3 is 10.7 Å². The van der Waals surface area contributed by atoms with Crippen LogP contribution in [0.2, 0.25) is 0 Å². The summed E-state index contributed by atoms with van der Waals surface area (Å²) in [6, 6.07) is 4.01. The number of aromatic nitrogens is 4. The van der Waals surface area contributed by atoms with E-state index >= 15 is 0 Å². The average molecular weight is 262 g/mol. The van der Waals surface area contributed by atoms with Gasteiger partial charge in [-0.05, 0) is 37.2 Å². The third-order valence-corrected chi connectivity index (χ3v) is 3.44. The lowest BCUT2D eigenvalue weighted by Crippen LogP contribution is -2.18. The van der Waals surface area contributed by atoms with E-state index in [1.807, 2.05) is 12.1 Å². The van der Waals surface area contributed by atoms with Crippen molar-refractivity contribution in [3.8, 4) is 11.5 Å². The zero-order chi connectivity index (χ0) is 12.5. The van der Waals surface area contributed by atoms with Crippen LogP contribution in [-0.4, -0.2) is 32.9 Å². The lowest BCUT2D eigenvalue weighted by molar-refractivity contribution is 0.949. The Hall–Kier alpha value is -1.89. The van der Waals surface area contributed by atoms with E-state index in [0.29, 0.717) is 10.6 Å². The number of rotatable bonds is 2. The van der Waals surface area contributed by atoms with Crippen molar-refractivity contribution in [3.63, 3.8) is 0 Å². The van der Waals surface area contributed by atoms with E-state index in [1.54, 1.807) is 6.20 Å². The van der Waals surface area contributed by atoms with Gasteiger partial charge in [0.1, 0.15) is 5.69 Å². The van der Waals surface area contributed by atoms with Crippen molar-refractivity contribution < 1.29 is 0 Å². The number of hydrogen-bond donors (Lipinski definition) is 2. The van der Waals surface area contributed by atoms with Gasteiger partial charge in [0.05, 0.1) is 0 Å². The predicted octanol–water partition coefficient (Wildman–Crippen LogP) is 1.32. The Morgan fingerprint density at radius 1 is 1.33 bits per heavy atom. The van der Waals surface area contributed by atoms with E-state index in [1.165, 1.54) is 17.5 Å². The predicted molar refractivity (Wildman–Crippen MR) is 72.2 cm³/mol. The summed E-state index contributed by atoms with van der Waals surface area (Å²) < 4.78 is 1.73. The van der Waals surface area contributed by atoms with Gasteiger partial charge in [-0.25, -0.2) is 9.77 Å². The highest BCUT2D eigenvalue weighted by Gasteiger charge is 2.14. The van der Waals surface area contributed by atoms with E-state index in [0.717, 1.165) is 24.5 Å². The van der Waals surface area contributed by atoms with Gasteiger partial charge in [0.25, 0.3) is 0 Å². The Labute approximate surface area is 109 Å². The van der Waals surface area contributed by atoms with Crippen LogP contribution in [0, 0.1) is 4.77 Å². The molecule has 2 aromatic rings. The van der Waals surface area contributed by atoms with E-state index in [-0.39, 0.29) is 0 Å². The number of pyridine rings is 1. The van der Waals surface area contributed by atoms with Crippen LogP contribution >= 0.6 is 12.2 Å². The molecular formula is C11H14N6S. The molecule has 0 bridgehead atoms. The van der Waals surface area contributed by atoms with Crippen molar-refractivity contribution in [2.75, 3.05) is 23.8 Å². The van der Waals surface area contributed by atoms with Crippen molar-refractivity contribution in [2.45, 2.75) is 12.8 Å². The normalized spacial score (nSPS) is 15.2. The maximum Gasteiger partial charge on any atom is 0.214 e. The molecule has 18 heavy (non-hydrogen) atoms. The molecule has 3 N–H and O–H groups in total. The maximum atomic E-state index is 5.80. The molecule has 94 valence electrons. The topological polar surface area (TPSA) is 75.8 Å². The molecule has 6 nitrogen and oxygen atoms in total. The van der Waals surface area contributed by atoms with Crippen LogP contribution in [0.15, 0.2) is 18.3 Å². The van der Waals surface area contributed by atoms with Crippen molar-refractivity contribution in [1.29, 1.82) is 0 Å². The molecule has 0 amide bonds. The fourth-order valence-corrected chi connectivity index (χ4v) is 2.33. The SMILES string of the molecule is Nn1c(-c2cc(N3CCCC3)ccn2)n[nH]c1=S. The molecule has 7 heteroatoms. The van der Waals surface area contributed by atoms with Gasteiger partial charge in [-0.2, -0.15) is 5.10 Å². The lowest BCUT2D eigenvalue weighted by atomic mass is 10.3. The first kappa shape index (κ1) is 11.2. The first-order valence-electron chi connectivity index (χ1n) is 5.89. The highest BCUT2D eigenvalue weighted by molar-refractivity contribution is 7.71. The zero-order valence-electron chi connectivity index (χ0n) is 9.83. The standard InChI is InChI=1S/C11H14N6S/c12-17-10(14-15-11(17)18)9-7-8(3-4-13-9)16-5-1-2-6-16/h3-4,7H,1-2,5-6,12H2,(H,15,18). The Bertz CT molecular complexity index is 610. The van der Waals surface area contributed by atoms with E-state index in [4.69, 9.17) is 18.1 Å². The third kappa shape index (κ3) is 1.86. The van der Waals surface area contributed by atoms with Crippen molar-refractivity contribution in [3.05, 3.63) is 23.1 Å². The number of nitrogens with zero attached hydrogens (tertiary/aromatic N) is 4. The summed E-state index contributed by atoms with van der Waals surface area (Å²) in [6.45, 7) is 2.19. The quantitative estimate of drug-likeness (QED) is 0.630. The average Bonchev–Trinajstić information content (AvgIpc) is 3.02. The van der Waals surface area contributed by atoms with Crippen molar-refractivity contribution in [2.24, 2.45) is 0 Å². The van der Waals surface area contributed by atoms with Gasteiger partial charge in [-0.15, -0.1) is 0 Å². The molecular weight excluding hydrogens is 248 g/mol. The highest BCUT2D eigenvalue weighted by Crippen LogP contribution is 2.23. The molecule has 0 aliphatic carbocycles. The number of nitrogen functional groups attached to an aromatic ring is 1. The van der Waals surface area contributed by atoms with Crippen LogP contribution in [0.4, 0.5) is 5.69 Å². The Morgan fingerprint density at radius 2 is 2.11 bits per heavy atom. The molecule has 0 unspecified atom stereocenters. The summed E-state index contributed by atoms with van der Waals surface area (Å²) in [5, 5.41) is 6.75. The summed E-state index contributed by atoms with van der Waals surface area (Å²) in [7, 11) is 0. The lowest BCUT2D eigenvalue weighted by Gasteiger charge is -2.17. The van der Waals surface area contributed by atoms with Gasteiger partial charge in [0.15, 0.2) is 5.82 Å². The van der Waals surface area contributed by atoms with Gasteiger partial charge in [0, 0.05) is 25.0 Å². The first-order chi connectivity index (χ1) is 8.75. The number of nitrogens with one attached hydrogen (secondary N) is 1. The van der Waals surface area contributed by atoms with E-state index < -0.39 is 0 Å². The Kier molecular flexibility index (Phi) is 2.75. The Balaban J connectivity index is 2.00. The largest absolute Gasteiger partial charge is 0.371 e. The number of anilines is 1. The first-order valence-corrected chi connectivity index (χ1v) is 6.30. The molecule has 2 aromatic heterocycles. The van der Waals surface area contributed by atoms with Crippen LogP contribution in [0.25, 0.3) is 11.5 Å². The summed E-state index contributed by atoms with van der Waals surface area (Å²) in [4.78, 5) is 6.64. The van der Waals surface area contributed by atoms with E-state index in [9.17, 15) is 0 Å². The minimum atomic E-state index is 0.387. The van der Waals surface area contributed by atoms with Gasteiger partial charge >= 0.3 is 0 Å². The van der Waals surface area contributed by atoms with Crippen LogP contribution < -0.4 is 10.7 Å². The van der Waals surface area contributed by atoms with Crippen LogP contribution in [0.1, 0.15) is 12.8 Å². The van der Waals surface area contributed by atoms with Gasteiger partial charge in [-0.3, -0.25) is 4.98 Å². The molecule has 0 radical (unpaired) electrons.